The van der Waals surface area contributed by atoms with Crippen LogP contribution in [0.2, 0.25) is 0 Å². The van der Waals surface area contributed by atoms with Gasteiger partial charge < -0.3 is 10.2 Å². The lowest BCUT2D eigenvalue weighted by molar-refractivity contribution is -0.140. The van der Waals surface area contributed by atoms with Crippen molar-refractivity contribution in [1.29, 1.82) is 0 Å². The first-order valence-electron chi connectivity index (χ1n) is 6.39. The molecule has 2 N–H and O–H groups in total. The van der Waals surface area contributed by atoms with Crippen molar-refractivity contribution < 1.29 is 19.8 Å². The third-order valence-corrected chi connectivity index (χ3v) is 3.62. The van der Waals surface area contributed by atoms with Crippen LogP contribution < -0.4 is 0 Å². The predicted octanol–water partition coefficient (Wildman–Crippen LogP) is 3.30. The fourth-order valence-corrected chi connectivity index (χ4v) is 2.22. The monoisotopic (exact) mass is 244 g/mol. The van der Waals surface area contributed by atoms with Gasteiger partial charge in [-0.1, -0.05) is 26.7 Å². The molecule has 0 rings (SSSR count). The van der Waals surface area contributed by atoms with Crippen molar-refractivity contribution in [2.24, 2.45) is 5.41 Å². The lowest BCUT2D eigenvalue weighted by Crippen LogP contribution is -2.23. The minimum Gasteiger partial charge on any atom is -0.481 e. The standard InChI is InChI=1S/C13H24O4/c1-3-13(4-2,10-12(16)17)9-7-5-6-8-11(14)15/h3-10H2,1-2H3,(H,14,15)(H,16,17). The van der Waals surface area contributed by atoms with Crippen molar-refractivity contribution in [2.45, 2.75) is 65.2 Å². The molecule has 0 radical (unpaired) electrons. The molecule has 0 aliphatic carbocycles. The third-order valence-electron chi connectivity index (χ3n) is 3.62. The molecule has 17 heavy (non-hydrogen) atoms. The van der Waals surface area contributed by atoms with E-state index in [1.54, 1.807) is 0 Å². The zero-order chi connectivity index (χ0) is 13.3. The van der Waals surface area contributed by atoms with Crippen molar-refractivity contribution in [3.8, 4) is 0 Å². The molecule has 0 saturated carbocycles. The molecule has 0 spiro atoms. The largest absolute Gasteiger partial charge is 0.481 e. The van der Waals surface area contributed by atoms with E-state index in [1.807, 2.05) is 13.8 Å². The molecule has 0 amide bonds. The van der Waals surface area contributed by atoms with Gasteiger partial charge in [0.25, 0.3) is 0 Å². The molecule has 0 unspecified atom stereocenters. The van der Waals surface area contributed by atoms with Crippen LogP contribution in [0.5, 0.6) is 0 Å². The van der Waals surface area contributed by atoms with E-state index >= 15 is 0 Å². The second-order valence-corrected chi connectivity index (χ2v) is 4.73. The Morgan fingerprint density at radius 1 is 0.941 bits per heavy atom. The Morgan fingerprint density at radius 3 is 1.94 bits per heavy atom. The van der Waals surface area contributed by atoms with Crippen LogP contribution in [0.15, 0.2) is 0 Å². The normalized spacial score (nSPS) is 11.4. The average Bonchev–Trinajstić information content (AvgIpc) is 2.26. The van der Waals surface area contributed by atoms with Gasteiger partial charge in [0.15, 0.2) is 0 Å². The smallest absolute Gasteiger partial charge is 0.303 e. The Kier molecular flexibility index (Phi) is 7.59. The van der Waals surface area contributed by atoms with Gasteiger partial charge in [-0.3, -0.25) is 9.59 Å². The third kappa shape index (κ3) is 6.97. The Hall–Kier alpha value is -1.06. The van der Waals surface area contributed by atoms with Gasteiger partial charge in [0.2, 0.25) is 0 Å². The summed E-state index contributed by atoms with van der Waals surface area (Å²) in [6.45, 7) is 4.06. The van der Waals surface area contributed by atoms with Gasteiger partial charge in [-0.15, -0.1) is 0 Å². The van der Waals surface area contributed by atoms with Crippen molar-refractivity contribution in [3.05, 3.63) is 0 Å². The van der Waals surface area contributed by atoms with Gasteiger partial charge in [-0.2, -0.15) is 0 Å². The van der Waals surface area contributed by atoms with E-state index < -0.39 is 11.9 Å². The molecule has 0 heterocycles. The van der Waals surface area contributed by atoms with Crippen molar-refractivity contribution in [2.75, 3.05) is 0 Å². The zero-order valence-electron chi connectivity index (χ0n) is 10.9. The maximum atomic E-state index is 10.8. The van der Waals surface area contributed by atoms with Crippen LogP contribution in [0.1, 0.15) is 65.2 Å². The summed E-state index contributed by atoms with van der Waals surface area (Å²) in [6, 6.07) is 0. The summed E-state index contributed by atoms with van der Waals surface area (Å²) < 4.78 is 0. The van der Waals surface area contributed by atoms with Crippen LogP contribution in [0.25, 0.3) is 0 Å². The second-order valence-electron chi connectivity index (χ2n) is 4.73. The molecule has 0 aromatic heterocycles. The molecule has 0 aliphatic rings. The van der Waals surface area contributed by atoms with E-state index in [2.05, 4.69) is 0 Å². The van der Waals surface area contributed by atoms with Gasteiger partial charge in [0, 0.05) is 6.42 Å². The molecule has 0 fully saturated rings. The molecule has 4 heteroatoms. The summed E-state index contributed by atoms with van der Waals surface area (Å²) in [7, 11) is 0. The Balaban J connectivity index is 4.00. The summed E-state index contributed by atoms with van der Waals surface area (Å²) in [6.07, 6.45) is 5.53. The lowest BCUT2D eigenvalue weighted by atomic mass is 9.75. The average molecular weight is 244 g/mol. The number of carboxylic acids is 2. The van der Waals surface area contributed by atoms with E-state index in [9.17, 15) is 9.59 Å². The summed E-state index contributed by atoms with van der Waals surface area (Å²) in [5.41, 5.74) is -0.102. The molecule has 0 aliphatic heterocycles. The molecule has 100 valence electrons. The van der Waals surface area contributed by atoms with Crippen LogP contribution in [0.4, 0.5) is 0 Å². The SMILES string of the molecule is CCC(CC)(CCCCCC(=O)O)CC(=O)O. The molecular weight excluding hydrogens is 220 g/mol. The molecule has 0 bridgehead atoms. The van der Waals surface area contributed by atoms with E-state index in [-0.39, 0.29) is 18.3 Å². The number of rotatable bonds is 10. The van der Waals surface area contributed by atoms with E-state index in [1.165, 1.54) is 0 Å². The van der Waals surface area contributed by atoms with Gasteiger partial charge in [0.05, 0.1) is 6.42 Å². The highest BCUT2D eigenvalue weighted by molar-refractivity contribution is 5.67. The van der Waals surface area contributed by atoms with Gasteiger partial charge in [0.1, 0.15) is 0 Å². The van der Waals surface area contributed by atoms with Gasteiger partial charge >= 0.3 is 11.9 Å². The number of aliphatic carboxylic acids is 2. The quantitative estimate of drug-likeness (QED) is 0.578. The minimum atomic E-state index is -0.757. The fourth-order valence-electron chi connectivity index (χ4n) is 2.22. The summed E-state index contributed by atoms with van der Waals surface area (Å²) in [5, 5.41) is 17.4. The summed E-state index contributed by atoms with van der Waals surface area (Å²) in [4.78, 5) is 21.2. The fraction of sp³-hybridized carbons (Fsp3) is 0.846. The molecule has 0 aromatic rings. The highest BCUT2D eigenvalue weighted by Crippen LogP contribution is 2.36. The molecule has 0 atom stereocenters. The Morgan fingerprint density at radius 2 is 1.53 bits per heavy atom. The summed E-state index contributed by atoms with van der Waals surface area (Å²) in [5.74, 6) is -1.49. The van der Waals surface area contributed by atoms with E-state index in [0.717, 1.165) is 32.1 Å². The first-order chi connectivity index (χ1) is 7.95. The molecule has 0 aromatic carbocycles. The number of unbranched alkanes of at least 4 members (excludes halogenated alkanes) is 2. The minimum absolute atomic E-state index is 0.102. The van der Waals surface area contributed by atoms with Crippen LogP contribution in [0.3, 0.4) is 0 Å². The number of hydrogen-bond donors (Lipinski definition) is 2. The van der Waals surface area contributed by atoms with Crippen molar-refractivity contribution >= 4 is 11.9 Å². The second kappa shape index (κ2) is 8.09. The summed E-state index contributed by atoms with van der Waals surface area (Å²) >= 11 is 0. The van der Waals surface area contributed by atoms with Gasteiger partial charge in [-0.05, 0) is 31.1 Å². The van der Waals surface area contributed by atoms with Gasteiger partial charge in [-0.25, -0.2) is 0 Å². The highest BCUT2D eigenvalue weighted by atomic mass is 16.4. The maximum Gasteiger partial charge on any atom is 0.303 e. The van der Waals surface area contributed by atoms with Crippen LogP contribution in [-0.4, -0.2) is 22.2 Å². The number of hydrogen-bond acceptors (Lipinski definition) is 2. The highest BCUT2D eigenvalue weighted by Gasteiger charge is 2.28. The predicted molar refractivity (Wildman–Crippen MR) is 66.0 cm³/mol. The van der Waals surface area contributed by atoms with E-state index in [0.29, 0.717) is 6.42 Å². The maximum absolute atomic E-state index is 10.8. The number of carboxylic acid groups (broad SMARTS) is 2. The molecular formula is C13H24O4. The number of carbonyl (C=O) groups is 2. The first-order valence-corrected chi connectivity index (χ1v) is 6.39. The molecule has 4 nitrogen and oxygen atoms in total. The van der Waals surface area contributed by atoms with Crippen LogP contribution in [-0.2, 0) is 9.59 Å². The lowest BCUT2D eigenvalue weighted by Gasteiger charge is -2.30. The van der Waals surface area contributed by atoms with Crippen molar-refractivity contribution in [3.63, 3.8) is 0 Å². The van der Waals surface area contributed by atoms with Crippen LogP contribution in [0, 0.1) is 5.41 Å². The Labute approximate surface area is 103 Å². The Bertz CT molecular complexity index is 244. The zero-order valence-corrected chi connectivity index (χ0v) is 10.9. The first kappa shape index (κ1) is 15.9. The van der Waals surface area contributed by atoms with Crippen molar-refractivity contribution in [1.82, 2.24) is 0 Å². The van der Waals surface area contributed by atoms with E-state index in [4.69, 9.17) is 10.2 Å². The molecule has 0 saturated heterocycles. The topological polar surface area (TPSA) is 74.6 Å². The van der Waals surface area contributed by atoms with Crippen LogP contribution >= 0.6 is 0 Å².